The topological polar surface area (TPSA) is 56.1 Å². The number of carbonyl (C=O) groups is 1. The number of ether oxygens (including phenoxy) is 1. The van der Waals surface area contributed by atoms with Crippen molar-refractivity contribution in [2.24, 2.45) is 0 Å². The Labute approximate surface area is 153 Å². The summed E-state index contributed by atoms with van der Waals surface area (Å²) in [6, 6.07) is 10.5. The number of methoxy groups -OCH3 is 1. The van der Waals surface area contributed by atoms with Gasteiger partial charge in [0.15, 0.2) is 23.1 Å². The van der Waals surface area contributed by atoms with E-state index in [-0.39, 0.29) is 11.4 Å². The van der Waals surface area contributed by atoms with Gasteiger partial charge in [-0.05, 0) is 31.2 Å². The number of anilines is 1. The van der Waals surface area contributed by atoms with E-state index >= 15 is 0 Å². The van der Waals surface area contributed by atoms with E-state index in [1.807, 2.05) is 0 Å². The Hall–Kier alpha value is -2.93. The quantitative estimate of drug-likeness (QED) is 0.734. The van der Waals surface area contributed by atoms with Crippen LogP contribution in [0.4, 0.5) is 14.5 Å². The molecule has 134 valence electrons. The molecule has 1 N–H and O–H groups in total. The van der Waals surface area contributed by atoms with Crippen LogP contribution in [-0.4, -0.2) is 22.8 Å². The van der Waals surface area contributed by atoms with Crippen LogP contribution in [0.15, 0.2) is 42.5 Å². The smallest absolute Gasteiger partial charge is 0.276 e. The molecule has 8 heteroatoms. The standard InChI is InChI=1S/C18H14ClF2N3O2/c1-10-6-16(23-24(10)13-5-3-4-11(19)7-13)18(25)22-12-8-14(20)17(26-2)15(21)9-12/h3-9H,1-2H3,(H,22,25). The average Bonchev–Trinajstić information content (AvgIpc) is 2.96. The molecular weight excluding hydrogens is 364 g/mol. The molecule has 0 aliphatic carbocycles. The highest BCUT2D eigenvalue weighted by atomic mass is 35.5. The first-order valence-electron chi connectivity index (χ1n) is 7.56. The second-order valence-corrected chi connectivity index (χ2v) is 5.93. The summed E-state index contributed by atoms with van der Waals surface area (Å²) < 4.78 is 33.6. The average molecular weight is 378 g/mol. The molecule has 0 atom stereocenters. The van der Waals surface area contributed by atoms with E-state index in [9.17, 15) is 13.6 Å². The zero-order valence-corrected chi connectivity index (χ0v) is 14.6. The zero-order valence-electron chi connectivity index (χ0n) is 13.9. The summed E-state index contributed by atoms with van der Waals surface area (Å²) in [6.07, 6.45) is 0. The van der Waals surface area contributed by atoms with Crippen molar-refractivity contribution in [3.05, 3.63) is 70.5 Å². The number of hydrogen-bond acceptors (Lipinski definition) is 3. The Morgan fingerprint density at radius 2 is 1.88 bits per heavy atom. The maximum atomic E-state index is 13.7. The molecule has 0 fully saturated rings. The van der Waals surface area contributed by atoms with Crippen LogP contribution in [0.1, 0.15) is 16.2 Å². The van der Waals surface area contributed by atoms with Gasteiger partial charge in [-0.15, -0.1) is 0 Å². The van der Waals surface area contributed by atoms with Crippen molar-refractivity contribution in [3.8, 4) is 11.4 Å². The van der Waals surface area contributed by atoms with Crippen LogP contribution < -0.4 is 10.1 Å². The van der Waals surface area contributed by atoms with Gasteiger partial charge >= 0.3 is 0 Å². The van der Waals surface area contributed by atoms with Gasteiger partial charge in [0.1, 0.15) is 0 Å². The molecule has 0 saturated carbocycles. The van der Waals surface area contributed by atoms with Crippen LogP contribution in [0.3, 0.4) is 0 Å². The lowest BCUT2D eigenvalue weighted by Crippen LogP contribution is -2.13. The fraction of sp³-hybridized carbons (Fsp3) is 0.111. The number of amides is 1. The molecule has 3 rings (SSSR count). The van der Waals surface area contributed by atoms with Crippen molar-refractivity contribution in [3.63, 3.8) is 0 Å². The molecule has 0 unspecified atom stereocenters. The number of aromatic nitrogens is 2. The van der Waals surface area contributed by atoms with Gasteiger partial charge < -0.3 is 10.1 Å². The number of halogens is 3. The maximum absolute atomic E-state index is 13.7. The number of nitrogens with zero attached hydrogens (tertiary/aromatic N) is 2. The molecule has 5 nitrogen and oxygen atoms in total. The second kappa shape index (κ2) is 7.13. The van der Waals surface area contributed by atoms with Crippen molar-refractivity contribution >= 4 is 23.2 Å². The van der Waals surface area contributed by atoms with Crippen LogP contribution in [0, 0.1) is 18.6 Å². The minimum atomic E-state index is -0.913. The first-order valence-corrected chi connectivity index (χ1v) is 7.94. The third kappa shape index (κ3) is 3.52. The number of rotatable bonds is 4. The monoisotopic (exact) mass is 377 g/mol. The van der Waals surface area contributed by atoms with E-state index in [0.717, 1.165) is 19.2 Å². The molecule has 1 heterocycles. The molecule has 0 bridgehead atoms. The zero-order chi connectivity index (χ0) is 18.8. The SMILES string of the molecule is COc1c(F)cc(NC(=O)c2cc(C)n(-c3cccc(Cl)c3)n2)cc1F. The fourth-order valence-corrected chi connectivity index (χ4v) is 2.66. The molecule has 0 spiro atoms. The molecule has 2 aromatic carbocycles. The maximum Gasteiger partial charge on any atom is 0.276 e. The van der Waals surface area contributed by atoms with E-state index < -0.39 is 23.3 Å². The van der Waals surface area contributed by atoms with Gasteiger partial charge in [-0.1, -0.05) is 17.7 Å². The third-order valence-corrected chi connectivity index (χ3v) is 3.87. The van der Waals surface area contributed by atoms with Crippen molar-refractivity contribution < 1.29 is 18.3 Å². The molecule has 0 radical (unpaired) electrons. The summed E-state index contributed by atoms with van der Waals surface area (Å²) in [5.41, 5.74) is 1.44. The van der Waals surface area contributed by atoms with Crippen LogP contribution in [0.2, 0.25) is 5.02 Å². The second-order valence-electron chi connectivity index (χ2n) is 5.49. The van der Waals surface area contributed by atoms with Gasteiger partial charge in [0, 0.05) is 28.5 Å². The fourth-order valence-electron chi connectivity index (χ4n) is 2.48. The first kappa shape index (κ1) is 17.9. The van der Waals surface area contributed by atoms with Gasteiger partial charge in [0.25, 0.3) is 5.91 Å². The van der Waals surface area contributed by atoms with E-state index in [2.05, 4.69) is 15.2 Å². The predicted molar refractivity (Wildman–Crippen MR) is 94.2 cm³/mol. The Bertz CT molecular complexity index is 965. The highest BCUT2D eigenvalue weighted by molar-refractivity contribution is 6.30. The Balaban J connectivity index is 1.87. The number of benzene rings is 2. The highest BCUT2D eigenvalue weighted by Gasteiger charge is 2.17. The van der Waals surface area contributed by atoms with Crippen LogP contribution in [0.5, 0.6) is 5.75 Å². The highest BCUT2D eigenvalue weighted by Crippen LogP contribution is 2.25. The molecule has 0 saturated heterocycles. The largest absolute Gasteiger partial charge is 0.491 e. The lowest BCUT2D eigenvalue weighted by atomic mass is 10.2. The number of aryl methyl sites for hydroxylation is 1. The minimum Gasteiger partial charge on any atom is -0.491 e. The number of hydrogen-bond donors (Lipinski definition) is 1. The Morgan fingerprint density at radius 3 is 2.50 bits per heavy atom. The van der Waals surface area contributed by atoms with Crippen LogP contribution in [0.25, 0.3) is 5.69 Å². The minimum absolute atomic E-state index is 0.0410. The molecule has 26 heavy (non-hydrogen) atoms. The summed E-state index contributed by atoms with van der Waals surface area (Å²) in [7, 11) is 1.16. The van der Waals surface area contributed by atoms with Crippen molar-refractivity contribution in [1.29, 1.82) is 0 Å². The summed E-state index contributed by atoms with van der Waals surface area (Å²) >= 11 is 5.98. The van der Waals surface area contributed by atoms with Gasteiger partial charge in [-0.2, -0.15) is 5.10 Å². The van der Waals surface area contributed by atoms with Gasteiger partial charge in [0.05, 0.1) is 12.8 Å². The van der Waals surface area contributed by atoms with Gasteiger partial charge in [-0.3, -0.25) is 4.79 Å². The Morgan fingerprint density at radius 1 is 1.19 bits per heavy atom. The van der Waals surface area contributed by atoms with E-state index in [4.69, 9.17) is 11.6 Å². The van der Waals surface area contributed by atoms with E-state index in [1.54, 1.807) is 41.9 Å². The lowest BCUT2D eigenvalue weighted by Gasteiger charge is -2.07. The molecule has 0 aliphatic heterocycles. The number of nitrogens with one attached hydrogen (secondary N) is 1. The summed E-state index contributed by atoms with van der Waals surface area (Å²) in [6.45, 7) is 1.78. The molecular formula is C18H14ClF2N3O2. The molecule has 1 amide bonds. The van der Waals surface area contributed by atoms with Crippen LogP contribution in [-0.2, 0) is 0 Å². The first-order chi connectivity index (χ1) is 12.4. The molecule has 3 aromatic rings. The van der Waals surface area contributed by atoms with E-state index in [0.29, 0.717) is 16.4 Å². The predicted octanol–water partition coefficient (Wildman–Crippen LogP) is 4.37. The molecule has 1 aromatic heterocycles. The van der Waals surface area contributed by atoms with Gasteiger partial charge in [-0.25, -0.2) is 13.5 Å². The van der Waals surface area contributed by atoms with E-state index in [1.165, 1.54) is 0 Å². The van der Waals surface area contributed by atoms with Crippen molar-refractivity contribution in [1.82, 2.24) is 9.78 Å². The third-order valence-electron chi connectivity index (χ3n) is 3.63. The lowest BCUT2D eigenvalue weighted by molar-refractivity contribution is 0.102. The van der Waals surface area contributed by atoms with Crippen molar-refractivity contribution in [2.75, 3.05) is 12.4 Å². The summed E-state index contributed by atoms with van der Waals surface area (Å²) in [4.78, 5) is 12.4. The number of carbonyl (C=O) groups excluding carboxylic acids is 1. The van der Waals surface area contributed by atoms with Crippen LogP contribution >= 0.6 is 11.6 Å². The van der Waals surface area contributed by atoms with Gasteiger partial charge in [0.2, 0.25) is 0 Å². The summed E-state index contributed by atoms with van der Waals surface area (Å²) in [5, 5.41) is 7.18. The Kier molecular flexibility index (Phi) is 4.90. The molecule has 0 aliphatic rings. The summed E-state index contributed by atoms with van der Waals surface area (Å²) in [5.74, 6) is -2.94. The normalized spacial score (nSPS) is 10.7. The van der Waals surface area contributed by atoms with Crippen molar-refractivity contribution in [2.45, 2.75) is 6.92 Å².